The third-order valence-corrected chi connectivity index (χ3v) is 2.92. The monoisotopic (exact) mass is 281 g/mol. The van der Waals surface area contributed by atoms with E-state index in [2.05, 4.69) is 20.9 Å². The summed E-state index contributed by atoms with van der Waals surface area (Å²) in [4.78, 5) is 4.03. The van der Waals surface area contributed by atoms with Crippen molar-refractivity contribution in [3.05, 3.63) is 64.1 Å². The van der Waals surface area contributed by atoms with Crippen LogP contribution in [0.2, 0.25) is 0 Å². The molecule has 0 bridgehead atoms. The van der Waals surface area contributed by atoms with E-state index in [0.717, 1.165) is 0 Å². The number of rotatable bonds is 2. The van der Waals surface area contributed by atoms with Crippen molar-refractivity contribution in [1.82, 2.24) is 4.98 Å². The number of pyridine rings is 1. The Bertz CT molecular complexity index is 458. The molecule has 82 valence electrons. The Balaban J connectivity index is 2.44. The first kappa shape index (κ1) is 11.2. The fourth-order valence-corrected chi connectivity index (χ4v) is 1.92. The quantitative estimate of drug-likeness (QED) is 0.918. The van der Waals surface area contributed by atoms with Crippen LogP contribution in [0.5, 0.6) is 0 Å². The summed E-state index contributed by atoms with van der Waals surface area (Å²) in [6.07, 6.45) is 0.501. The van der Waals surface area contributed by atoms with Crippen LogP contribution < -0.4 is 0 Å². The third-order valence-electron chi connectivity index (χ3n) is 2.25. The van der Waals surface area contributed by atoms with Crippen LogP contribution in [0.4, 0.5) is 4.39 Å². The van der Waals surface area contributed by atoms with E-state index in [1.807, 2.05) is 0 Å². The van der Waals surface area contributed by atoms with Crippen LogP contribution in [-0.2, 0) is 0 Å². The molecule has 0 aliphatic heterocycles. The van der Waals surface area contributed by atoms with Crippen LogP contribution in [0.15, 0.2) is 47.1 Å². The Morgan fingerprint density at radius 3 is 2.62 bits per heavy atom. The van der Waals surface area contributed by atoms with Gasteiger partial charge in [0.2, 0.25) is 0 Å². The van der Waals surface area contributed by atoms with Crippen LogP contribution in [0.25, 0.3) is 0 Å². The largest absolute Gasteiger partial charge is 0.382 e. The molecule has 4 heteroatoms. The zero-order chi connectivity index (χ0) is 11.5. The van der Waals surface area contributed by atoms with Crippen LogP contribution >= 0.6 is 15.9 Å². The van der Waals surface area contributed by atoms with E-state index in [1.54, 1.807) is 36.5 Å². The number of nitrogens with zero attached hydrogens (tertiary/aromatic N) is 1. The zero-order valence-corrected chi connectivity index (χ0v) is 9.86. The third kappa shape index (κ3) is 2.13. The highest BCUT2D eigenvalue weighted by molar-refractivity contribution is 9.10. The highest BCUT2D eigenvalue weighted by atomic mass is 79.9. The zero-order valence-electron chi connectivity index (χ0n) is 8.27. The molecule has 0 radical (unpaired) electrons. The molecule has 0 saturated heterocycles. The average molecular weight is 282 g/mol. The second-order valence-corrected chi connectivity index (χ2v) is 4.15. The molecule has 2 aromatic rings. The van der Waals surface area contributed by atoms with Gasteiger partial charge in [0.05, 0.1) is 5.69 Å². The summed E-state index contributed by atoms with van der Waals surface area (Å²) in [5.41, 5.74) is 0.634. The Morgan fingerprint density at radius 1 is 1.19 bits per heavy atom. The molecule has 0 aliphatic carbocycles. The SMILES string of the molecule is OC(c1ccccc1F)c1ncccc1Br. The van der Waals surface area contributed by atoms with Crippen LogP contribution in [0.1, 0.15) is 17.4 Å². The smallest absolute Gasteiger partial charge is 0.129 e. The minimum Gasteiger partial charge on any atom is -0.382 e. The lowest BCUT2D eigenvalue weighted by molar-refractivity contribution is 0.209. The van der Waals surface area contributed by atoms with Crippen molar-refractivity contribution in [3.63, 3.8) is 0 Å². The van der Waals surface area contributed by atoms with Crippen LogP contribution in [0.3, 0.4) is 0 Å². The van der Waals surface area contributed by atoms with Gasteiger partial charge in [-0.3, -0.25) is 4.98 Å². The van der Waals surface area contributed by atoms with Gasteiger partial charge in [-0.15, -0.1) is 0 Å². The van der Waals surface area contributed by atoms with Crippen molar-refractivity contribution in [2.24, 2.45) is 0 Å². The number of aliphatic hydroxyl groups excluding tert-OH is 1. The Hall–Kier alpha value is -1.26. The van der Waals surface area contributed by atoms with Gasteiger partial charge in [-0.2, -0.15) is 0 Å². The molecule has 0 fully saturated rings. The van der Waals surface area contributed by atoms with E-state index in [4.69, 9.17) is 0 Å². The van der Waals surface area contributed by atoms with Gasteiger partial charge in [0.15, 0.2) is 0 Å². The van der Waals surface area contributed by atoms with Crippen LogP contribution in [-0.4, -0.2) is 10.1 Å². The first-order valence-corrected chi connectivity index (χ1v) is 5.52. The topological polar surface area (TPSA) is 33.1 Å². The number of halogens is 2. The van der Waals surface area contributed by atoms with E-state index in [1.165, 1.54) is 6.07 Å². The van der Waals surface area contributed by atoms with Crippen LogP contribution in [0, 0.1) is 5.82 Å². The standard InChI is InChI=1S/C12H9BrFNO/c13-9-5-3-7-15-11(9)12(16)8-4-1-2-6-10(8)14/h1-7,12,16H. The molecule has 0 aliphatic rings. The molecule has 16 heavy (non-hydrogen) atoms. The minimum atomic E-state index is -1.06. The number of hydrogen-bond donors (Lipinski definition) is 1. The van der Waals surface area contributed by atoms with Gasteiger partial charge >= 0.3 is 0 Å². The van der Waals surface area contributed by atoms with E-state index in [9.17, 15) is 9.50 Å². The summed E-state index contributed by atoms with van der Waals surface area (Å²) in [6.45, 7) is 0. The fraction of sp³-hybridized carbons (Fsp3) is 0.0833. The summed E-state index contributed by atoms with van der Waals surface area (Å²) < 4.78 is 14.1. The maximum Gasteiger partial charge on any atom is 0.129 e. The molecule has 1 N–H and O–H groups in total. The predicted molar refractivity (Wildman–Crippen MR) is 62.4 cm³/mol. The van der Waals surface area contributed by atoms with E-state index in [-0.39, 0.29) is 5.56 Å². The summed E-state index contributed by atoms with van der Waals surface area (Å²) in [5.74, 6) is -0.437. The van der Waals surface area contributed by atoms with Gasteiger partial charge in [-0.05, 0) is 34.1 Å². The van der Waals surface area contributed by atoms with Gasteiger partial charge in [-0.25, -0.2) is 4.39 Å². The molecule has 1 atom stereocenters. The molecular weight excluding hydrogens is 273 g/mol. The molecule has 0 spiro atoms. The van der Waals surface area contributed by atoms with Gasteiger partial charge in [-0.1, -0.05) is 18.2 Å². The average Bonchev–Trinajstić information content (AvgIpc) is 2.29. The molecule has 1 unspecified atom stereocenters. The van der Waals surface area contributed by atoms with Gasteiger partial charge in [0.25, 0.3) is 0 Å². The van der Waals surface area contributed by atoms with Crippen molar-refractivity contribution in [1.29, 1.82) is 0 Å². The van der Waals surface area contributed by atoms with Crippen molar-refractivity contribution >= 4 is 15.9 Å². The number of aromatic nitrogens is 1. The normalized spacial score (nSPS) is 12.4. The maximum absolute atomic E-state index is 13.5. The van der Waals surface area contributed by atoms with Crippen molar-refractivity contribution < 1.29 is 9.50 Å². The van der Waals surface area contributed by atoms with E-state index < -0.39 is 11.9 Å². The van der Waals surface area contributed by atoms with E-state index in [0.29, 0.717) is 10.2 Å². The van der Waals surface area contributed by atoms with Gasteiger partial charge in [0, 0.05) is 16.2 Å². The summed E-state index contributed by atoms with van der Waals surface area (Å²) in [5, 5.41) is 10.0. The van der Waals surface area contributed by atoms with Gasteiger partial charge in [0.1, 0.15) is 11.9 Å². The second kappa shape index (κ2) is 4.72. The molecule has 2 nitrogen and oxygen atoms in total. The number of hydrogen-bond acceptors (Lipinski definition) is 2. The lowest BCUT2D eigenvalue weighted by atomic mass is 10.1. The van der Waals surface area contributed by atoms with E-state index >= 15 is 0 Å². The highest BCUT2D eigenvalue weighted by Gasteiger charge is 2.17. The first-order chi connectivity index (χ1) is 7.70. The first-order valence-electron chi connectivity index (χ1n) is 4.73. The minimum absolute atomic E-state index is 0.224. The summed E-state index contributed by atoms with van der Waals surface area (Å²) >= 11 is 3.27. The molecule has 0 saturated carbocycles. The molecule has 1 aromatic carbocycles. The second-order valence-electron chi connectivity index (χ2n) is 3.29. The summed E-state index contributed by atoms with van der Waals surface area (Å²) in [7, 11) is 0. The summed E-state index contributed by atoms with van der Waals surface area (Å²) in [6, 6.07) is 9.61. The lowest BCUT2D eigenvalue weighted by Gasteiger charge is -2.12. The predicted octanol–water partition coefficient (Wildman–Crippen LogP) is 3.06. The van der Waals surface area contributed by atoms with Crippen molar-refractivity contribution in [2.75, 3.05) is 0 Å². The Kier molecular flexibility index (Phi) is 3.31. The van der Waals surface area contributed by atoms with Crippen molar-refractivity contribution in [3.8, 4) is 0 Å². The Labute approximate surface area is 101 Å². The molecule has 1 aromatic heterocycles. The highest BCUT2D eigenvalue weighted by Crippen LogP contribution is 2.27. The molecule has 2 rings (SSSR count). The van der Waals surface area contributed by atoms with Crippen molar-refractivity contribution in [2.45, 2.75) is 6.10 Å². The molecule has 0 amide bonds. The van der Waals surface area contributed by atoms with Gasteiger partial charge < -0.3 is 5.11 Å². The fourth-order valence-electron chi connectivity index (χ4n) is 1.44. The molecular formula is C12H9BrFNO. The molecule has 1 heterocycles. The number of benzene rings is 1. The Morgan fingerprint density at radius 2 is 1.94 bits per heavy atom. The number of aliphatic hydroxyl groups is 1. The maximum atomic E-state index is 13.5. The lowest BCUT2D eigenvalue weighted by Crippen LogP contribution is -2.05.